The number of benzene rings is 2. The monoisotopic (exact) mass is 409 g/mol. The minimum Gasteiger partial charge on any atom is -0.394 e. The third kappa shape index (κ3) is 4.74. The maximum atomic E-state index is 13.8. The minimum atomic E-state index is -4.57. The van der Waals surface area contributed by atoms with Gasteiger partial charge in [0, 0.05) is 0 Å². The van der Waals surface area contributed by atoms with Crippen LogP contribution < -0.4 is 10.4 Å². The Labute approximate surface area is 164 Å². The van der Waals surface area contributed by atoms with Gasteiger partial charge in [-0.25, -0.2) is 4.99 Å². The van der Waals surface area contributed by atoms with Crippen LogP contribution in [0.4, 0.5) is 13.2 Å². The van der Waals surface area contributed by atoms with Crippen molar-refractivity contribution in [2.24, 2.45) is 4.99 Å². The number of hydrogen-bond donors (Lipinski definition) is 0. The van der Waals surface area contributed by atoms with E-state index in [1.807, 2.05) is 86.6 Å². The van der Waals surface area contributed by atoms with Crippen LogP contribution in [0.25, 0.3) is 0 Å². The first kappa shape index (κ1) is 21.5. The van der Waals surface area contributed by atoms with E-state index >= 15 is 0 Å². The molecule has 0 amide bonds. The van der Waals surface area contributed by atoms with Gasteiger partial charge in [0.2, 0.25) is 0 Å². The zero-order valence-electron chi connectivity index (χ0n) is 15.5. The quantitative estimate of drug-likeness (QED) is 0.395. The summed E-state index contributed by atoms with van der Waals surface area (Å²) in [5.41, 5.74) is 0. The normalized spacial score (nSPS) is 13.7. The first-order valence-electron chi connectivity index (χ1n) is 8.52. The number of aliphatic imine (C=N–C) groups is 1. The highest BCUT2D eigenvalue weighted by molar-refractivity contribution is 7.78. The lowest BCUT2D eigenvalue weighted by atomic mass is 10.2. The van der Waals surface area contributed by atoms with Gasteiger partial charge in [0.1, 0.15) is 0 Å². The standard InChI is InChI=1S/C20H22F3NOSSi/c1-19(2,3)27(16-10-6-4-7-11-16,17-12-8-5-9-13-17)25-18(14-24-15-26)20(21,22)23/h4-13,18H,14H2,1-3H3. The molecular formula is C20H22F3NOSSi. The van der Waals surface area contributed by atoms with Crippen molar-refractivity contribution in [2.75, 3.05) is 6.54 Å². The van der Waals surface area contributed by atoms with Crippen molar-refractivity contribution in [3.63, 3.8) is 0 Å². The zero-order chi connectivity index (χ0) is 20.1. The zero-order valence-corrected chi connectivity index (χ0v) is 17.3. The molecule has 2 rings (SSSR count). The summed E-state index contributed by atoms with van der Waals surface area (Å²) in [6.07, 6.45) is -6.62. The van der Waals surface area contributed by atoms with Crippen LogP contribution in [0.15, 0.2) is 65.7 Å². The molecule has 0 aromatic heterocycles. The Hall–Kier alpha value is -1.79. The Morgan fingerprint density at radius 2 is 1.41 bits per heavy atom. The molecule has 1 unspecified atom stereocenters. The molecule has 0 radical (unpaired) electrons. The van der Waals surface area contributed by atoms with Crippen molar-refractivity contribution in [2.45, 2.75) is 38.1 Å². The Morgan fingerprint density at radius 1 is 0.963 bits per heavy atom. The summed E-state index contributed by atoms with van der Waals surface area (Å²) in [5, 5.41) is 3.03. The predicted octanol–water partition coefficient (Wildman–Crippen LogP) is 4.60. The molecule has 27 heavy (non-hydrogen) atoms. The lowest BCUT2D eigenvalue weighted by Gasteiger charge is -2.45. The highest BCUT2D eigenvalue weighted by Gasteiger charge is 2.55. The van der Waals surface area contributed by atoms with Gasteiger partial charge >= 0.3 is 6.18 Å². The van der Waals surface area contributed by atoms with Gasteiger partial charge in [-0.1, -0.05) is 81.4 Å². The lowest BCUT2D eigenvalue weighted by molar-refractivity contribution is -0.194. The number of thiocarbonyl (C=S) groups is 1. The maximum Gasteiger partial charge on any atom is 0.415 e. The molecule has 2 aromatic rings. The van der Waals surface area contributed by atoms with E-state index in [2.05, 4.69) is 17.2 Å². The molecule has 0 fully saturated rings. The molecule has 0 saturated carbocycles. The fourth-order valence-electron chi connectivity index (χ4n) is 3.23. The van der Waals surface area contributed by atoms with E-state index in [9.17, 15) is 13.2 Å². The van der Waals surface area contributed by atoms with Crippen molar-refractivity contribution in [1.29, 1.82) is 0 Å². The van der Waals surface area contributed by atoms with Gasteiger partial charge in [-0.15, -0.1) is 0 Å². The van der Waals surface area contributed by atoms with Gasteiger partial charge < -0.3 is 4.43 Å². The fraction of sp³-hybridized carbons (Fsp3) is 0.350. The molecule has 0 aliphatic heterocycles. The molecule has 0 spiro atoms. The SMILES string of the molecule is CC(C)(C)[Si](OC(CN=C=S)C(F)(F)F)(c1ccccc1)c1ccccc1. The van der Waals surface area contributed by atoms with Crippen LogP contribution in [0.5, 0.6) is 0 Å². The van der Waals surface area contributed by atoms with Crippen LogP contribution in [0.1, 0.15) is 20.8 Å². The molecule has 0 aliphatic rings. The molecule has 0 N–H and O–H groups in total. The smallest absolute Gasteiger partial charge is 0.394 e. The third-order valence-corrected chi connectivity index (χ3v) is 9.59. The van der Waals surface area contributed by atoms with Gasteiger partial charge in [0.25, 0.3) is 8.32 Å². The summed E-state index contributed by atoms with van der Waals surface area (Å²) in [4.78, 5) is 3.53. The fourth-order valence-corrected chi connectivity index (χ4v) is 7.96. The van der Waals surface area contributed by atoms with E-state index < -0.39 is 32.2 Å². The van der Waals surface area contributed by atoms with Crippen LogP contribution in [0.2, 0.25) is 5.04 Å². The van der Waals surface area contributed by atoms with Crippen LogP contribution >= 0.6 is 12.2 Å². The van der Waals surface area contributed by atoms with E-state index in [1.165, 1.54) is 0 Å². The minimum absolute atomic E-state index is 0.555. The molecule has 2 nitrogen and oxygen atoms in total. The number of rotatable bonds is 6. The molecule has 0 saturated heterocycles. The molecule has 1 atom stereocenters. The Balaban J connectivity index is 2.73. The summed E-state index contributed by atoms with van der Waals surface area (Å²) >= 11 is 4.47. The molecule has 7 heteroatoms. The molecule has 0 bridgehead atoms. The second-order valence-electron chi connectivity index (χ2n) is 7.24. The van der Waals surface area contributed by atoms with E-state index in [-0.39, 0.29) is 0 Å². The Bertz CT molecular complexity index is 745. The van der Waals surface area contributed by atoms with Crippen molar-refractivity contribution < 1.29 is 17.6 Å². The number of alkyl halides is 3. The van der Waals surface area contributed by atoms with Gasteiger partial charge in [0.15, 0.2) is 6.10 Å². The summed E-state index contributed by atoms with van der Waals surface area (Å²) in [5.74, 6) is 0. The molecule has 0 heterocycles. The van der Waals surface area contributed by atoms with Crippen LogP contribution in [0, 0.1) is 0 Å². The average molecular weight is 410 g/mol. The molecule has 144 valence electrons. The number of nitrogens with zero attached hydrogens (tertiary/aromatic N) is 1. The first-order valence-corrected chi connectivity index (χ1v) is 10.8. The van der Waals surface area contributed by atoms with Gasteiger partial charge in [-0.3, -0.25) is 0 Å². The lowest BCUT2D eigenvalue weighted by Crippen LogP contribution is -2.69. The van der Waals surface area contributed by atoms with Crippen molar-refractivity contribution in [3.8, 4) is 0 Å². The van der Waals surface area contributed by atoms with Crippen LogP contribution in [-0.2, 0) is 4.43 Å². The highest BCUT2D eigenvalue weighted by atomic mass is 32.1. The Morgan fingerprint density at radius 3 is 1.74 bits per heavy atom. The van der Waals surface area contributed by atoms with E-state index in [1.54, 1.807) is 0 Å². The van der Waals surface area contributed by atoms with E-state index in [0.717, 1.165) is 10.4 Å². The van der Waals surface area contributed by atoms with E-state index in [4.69, 9.17) is 4.43 Å². The van der Waals surface area contributed by atoms with Gasteiger partial charge in [-0.2, -0.15) is 13.2 Å². The van der Waals surface area contributed by atoms with E-state index in [0.29, 0.717) is 0 Å². The maximum absolute atomic E-state index is 13.8. The second-order valence-corrected chi connectivity index (χ2v) is 11.7. The Kier molecular flexibility index (Phi) is 6.76. The molecule has 2 aromatic carbocycles. The van der Waals surface area contributed by atoms with Crippen molar-refractivity contribution in [1.82, 2.24) is 0 Å². The van der Waals surface area contributed by atoms with Crippen LogP contribution in [0.3, 0.4) is 0 Å². The van der Waals surface area contributed by atoms with Crippen molar-refractivity contribution in [3.05, 3.63) is 60.7 Å². The highest BCUT2D eigenvalue weighted by Crippen LogP contribution is 2.39. The summed E-state index contributed by atoms with van der Waals surface area (Å²) in [6.45, 7) is 5.18. The van der Waals surface area contributed by atoms with Gasteiger partial charge in [0.05, 0.1) is 11.7 Å². The van der Waals surface area contributed by atoms with Crippen molar-refractivity contribution >= 4 is 36.1 Å². The third-order valence-electron chi connectivity index (χ3n) is 4.42. The number of halogens is 3. The van der Waals surface area contributed by atoms with Crippen LogP contribution in [-0.4, -0.2) is 32.3 Å². The summed E-state index contributed by atoms with van der Waals surface area (Å²) in [6, 6.07) is 18.4. The summed E-state index contributed by atoms with van der Waals surface area (Å²) in [7, 11) is -3.31. The predicted molar refractivity (Wildman–Crippen MR) is 108 cm³/mol. The molecule has 0 aliphatic carbocycles. The molecular weight excluding hydrogens is 387 g/mol. The largest absolute Gasteiger partial charge is 0.415 e. The summed E-state index contributed by atoms with van der Waals surface area (Å²) < 4.78 is 47.4. The van der Waals surface area contributed by atoms with Gasteiger partial charge in [-0.05, 0) is 27.6 Å². The number of hydrogen-bond acceptors (Lipinski definition) is 3. The average Bonchev–Trinajstić information content (AvgIpc) is 2.61. The second kappa shape index (κ2) is 8.48. The first-order chi connectivity index (χ1) is 12.6. The topological polar surface area (TPSA) is 21.6 Å². The number of isothiocyanates is 1.